The predicted molar refractivity (Wildman–Crippen MR) is 112 cm³/mol. The third kappa shape index (κ3) is 3.48. The molecular formula is C21H18N4O4S. The maximum Gasteiger partial charge on any atom is 0.314 e. The second kappa shape index (κ2) is 7.75. The van der Waals surface area contributed by atoms with E-state index in [4.69, 9.17) is 9.47 Å². The van der Waals surface area contributed by atoms with E-state index in [1.807, 2.05) is 36.4 Å². The first-order valence-electron chi connectivity index (χ1n) is 9.40. The molecule has 2 N–H and O–H groups in total. The number of carbonyl (C=O) groups is 2. The molecule has 0 spiro atoms. The first-order valence-corrected chi connectivity index (χ1v) is 10.6. The average Bonchev–Trinajstić information content (AvgIpc) is 3.49. The number of hydrogen-bond acceptors (Lipinski definition) is 6. The molecule has 30 heavy (non-hydrogen) atoms. The van der Waals surface area contributed by atoms with E-state index in [1.165, 1.54) is 0 Å². The lowest BCUT2D eigenvalue weighted by Crippen LogP contribution is -2.35. The van der Waals surface area contributed by atoms with Crippen LogP contribution in [-0.4, -0.2) is 28.4 Å². The fourth-order valence-electron chi connectivity index (χ4n) is 3.38. The lowest BCUT2D eigenvalue weighted by Gasteiger charge is -2.11. The molecule has 3 aromatic rings. The van der Waals surface area contributed by atoms with E-state index in [1.54, 1.807) is 28.6 Å². The van der Waals surface area contributed by atoms with Gasteiger partial charge < -0.3 is 20.1 Å². The van der Waals surface area contributed by atoms with E-state index in [0.717, 1.165) is 34.0 Å². The minimum absolute atomic E-state index is 0.186. The number of anilines is 1. The SMILES string of the molecule is O=C(NCc1ccc2c(c1)OCO2)C(=O)Nc1c2c(nn1-c1ccccc1)CSC2. The molecule has 5 rings (SSSR count). The van der Waals surface area contributed by atoms with E-state index in [2.05, 4.69) is 15.7 Å². The number of aromatic nitrogens is 2. The number of benzene rings is 2. The van der Waals surface area contributed by atoms with Crippen LogP contribution in [0.5, 0.6) is 11.5 Å². The van der Waals surface area contributed by atoms with Crippen LogP contribution in [0.2, 0.25) is 0 Å². The van der Waals surface area contributed by atoms with Gasteiger partial charge in [0.2, 0.25) is 6.79 Å². The molecule has 152 valence electrons. The molecule has 0 aliphatic carbocycles. The number of nitrogens with one attached hydrogen (secondary N) is 2. The maximum atomic E-state index is 12.6. The lowest BCUT2D eigenvalue weighted by atomic mass is 10.2. The Morgan fingerprint density at radius 1 is 1.03 bits per heavy atom. The van der Waals surface area contributed by atoms with E-state index in [9.17, 15) is 9.59 Å². The van der Waals surface area contributed by atoms with Gasteiger partial charge >= 0.3 is 11.8 Å². The van der Waals surface area contributed by atoms with E-state index >= 15 is 0 Å². The minimum atomic E-state index is -0.729. The Bertz CT molecular complexity index is 1130. The highest BCUT2D eigenvalue weighted by Crippen LogP contribution is 2.36. The second-order valence-corrected chi connectivity index (χ2v) is 7.82. The Hall–Kier alpha value is -3.46. The zero-order valence-electron chi connectivity index (χ0n) is 15.9. The number of amides is 2. The van der Waals surface area contributed by atoms with Crippen LogP contribution in [-0.2, 0) is 27.6 Å². The zero-order chi connectivity index (χ0) is 20.5. The summed E-state index contributed by atoms with van der Waals surface area (Å²) in [5.74, 6) is 1.94. The summed E-state index contributed by atoms with van der Waals surface area (Å²) >= 11 is 1.73. The van der Waals surface area contributed by atoms with Crippen molar-refractivity contribution in [3.05, 3.63) is 65.4 Å². The molecule has 3 heterocycles. The van der Waals surface area contributed by atoms with Gasteiger partial charge in [-0.3, -0.25) is 9.59 Å². The standard InChI is InChI=1S/C21H18N4O4S/c26-20(22-9-13-6-7-17-18(8-13)29-12-28-17)21(27)23-19-15-10-30-11-16(15)24-25(19)14-4-2-1-3-5-14/h1-8H,9-12H2,(H,22,26)(H,23,27). The Balaban J connectivity index is 1.30. The van der Waals surface area contributed by atoms with Crippen molar-refractivity contribution in [2.75, 3.05) is 12.1 Å². The maximum absolute atomic E-state index is 12.6. The van der Waals surface area contributed by atoms with Crippen molar-refractivity contribution in [1.82, 2.24) is 15.1 Å². The predicted octanol–water partition coefficient (Wildman–Crippen LogP) is 2.60. The van der Waals surface area contributed by atoms with Crippen molar-refractivity contribution in [1.29, 1.82) is 0 Å². The third-order valence-corrected chi connectivity index (χ3v) is 5.85. The number of hydrogen-bond donors (Lipinski definition) is 2. The molecule has 0 atom stereocenters. The molecule has 2 amide bonds. The van der Waals surface area contributed by atoms with Gasteiger partial charge in [0.15, 0.2) is 11.5 Å². The Labute approximate surface area is 176 Å². The van der Waals surface area contributed by atoms with Gasteiger partial charge in [-0.25, -0.2) is 4.68 Å². The van der Waals surface area contributed by atoms with Crippen LogP contribution in [0.15, 0.2) is 48.5 Å². The Morgan fingerprint density at radius 2 is 1.87 bits per heavy atom. The highest BCUT2D eigenvalue weighted by Gasteiger charge is 2.26. The second-order valence-electron chi connectivity index (χ2n) is 6.84. The van der Waals surface area contributed by atoms with Crippen LogP contribution in [0.1, 0.15) is 16.8 Å². The summed E-state index contributed by atoms with van der Waals surface area (Å²) in [4.78, 5) is 25.0. The van der Waals surface area contributed by atoms with Gasteiger partial charge in [-0.1, -0.05) is 24.3 Å². The molecule has 0 fully saturated rings. The molecule has 0 radical (unpaired) electrons. The summed E-state index contributed by atoms with van der Waals surface area (Å²) in [6.45, 7) is 0.389. The average molecular weight is 422 g/mol. The van der Waals surface area contributed by atoms with E-state index < -0.39 is 11.8 Å². The molecular weight excluding hydrogens is 404 g/mol. The number of fused-ring (bicyclic) bond motifs is 2. The summed E-state index contributed by atoms with van der Waals surface area (Å²) < 4.78 is 12.3. The molecule has 2 aliphatic heterocycles. The van der Waals surface area contributed by atoms with Crippen molar-refractivity contribution in [2.24, 2.45) is 0 Å². The monoisotopic (exact) mass is 422 g/mol. The molecule has 0 saturated heterocycles. The van der Waals surface area contributed by atoms with Crippen LogP contribution in [0, 0.1) is 0 Å². The van der Waals surface area contributed by atoms with Crippen molar-refractivity contribution in [3.8, 4) is 17.2 Å². The zero-order valence-corrected chi connectivity index (χ0v) is 16.7. The summed E-state index contributed by atoms with van der Waals surface area (Å²) in [5.41, 5.74) is 3.53. The van der Waals surface area contributed by atoms with Gasteiger partial charge in [-0.2, -0.15) is 16.9 Å². The summed E-state index contributed by atoms with van der Waals surface area (Å²) in [6, 6.07) is 14.9. The molecule has 9 heteroatoms. The Morgan fingerprint density at radius 3 is 2.73 bits per heavy atom. The number of thioether (sulfide) groups is 1. The lowest BCUT2D eigenvalue weighted by molar-refractivity contribution is -0.136. The largest absolute Gasteiger partial charge is 0.454 e. The molecule has 0 unspecified atom stereocenters. The van der Waals surface area contributed by atoms with E-state index in [-0.39, 0.29) is 13.3 Å². The molecule has 0 bridgehead atoms. The molecule has 2 aromatic carbocycles. The van der Waals surface area contributed by atoms with Crippen molar-refractivity contribution in [3.63, 3.8) is 0 Å². The van der Waals surface area contributed by atoms with Crippen LogP contribution in [0.4, 0.5) is 5.82 Å². The summed E-state index contributed by atoms with van der Waals surface area (Å²) in [7, 11) is 0. The first-order chi connectivity index (χ1) is 14.7. The van der Waals surface area contributed by atoms with Gasteiger partial charge in [0, 0.05) is 23.6 Å². The van der Waals surface area contributed by atoms with Crippen LogP contribution in [0.3, 0.4) is 0 Å². The summed E-state index contributed by atoms with van der Waals surface area (Å²) in [6.07, 6.45) is 0. The van der Waals surface area contributed by atoms with E-state index in [0.29, 0.717) is 17.3 Å². The fourth-order valence-corrected chi connectivity index (χ4v) is 4.41. The van der Waals surface area contributed by atoms with Gasteiger partial charge in [0.25, 0.3) is 0 Å². The van der Waals surface area contributed by atoms with Crippen molar-refractivity contribution in [2.45, 2.75) is 18.1 Å². The smallest absolute Gasteiger partial charge is 0.314 e. The number of ether oxygens (including phenoxy) is 2. The minimum Gasteiger partial charge on any atom is -0.454 e. The van der Waals surface area contributed by atoms with Crippen LogP contribution < -0.4 is 20.1 Å². The number of nitrogens with zero attached hydrogens (tertiary/aromatic N) is 2. The highest BCUT2D eigenvalue weighted by molar-refractivity contribution is 7.98. The van der Waals surface area contributed by atoms with Crippen LogP contribution >= 0.6 is 11.8 Å². The molecule has 0 saturated carbocycles. The normalized spacial score (nSPS) is 13.7. The van der Waals surface area contributed by atoms with Crippen molar-refractivity contribution < 1.29 is 19.1 Å². The van der Waals surface area contributed by atoms with Gasteiger partial charge in [-0.15, -0.1) is 0 Å². The topological polar surface area (TPSA) is 94.5 Å². The summed E-state index contributed by atoms with van der Waals surface area (Å²) in [5, 5.41) is 10.0. The molecule has 2 aliphatic rings. The fraction of sp³-hybridized carbons (Fsp3) is 0.190. The number of rotatable bonds is 4. The van der Waals surface area contributed by atoms with Gasteiger partial charge in [-0.05, 0) is 29.8 Å². The first kappa shape index (κ1) is 18.6. The quantitative estimate of drug-likeness (QED) is 0.628. The third-order valence-electron chi connectivity index (χ3n) is 4.88. The van der Waals surface area contributed by atoms with Gasteiger partial charge in [0.05, 0.1) is 11.4 Å². The highest BCUT2D eigenvalue weighted by atomic mass is 32.2. The number of para-hydroxylation sites is 1. The van der Waals surface area contributed by atoms with Crippen molar-refractivity contribution >= 4 is 29.4 Å². The van der Waals surface area contributed by atoms with Crippen LogP contribution in [0.25, 0.3) is 5.69 Å². The van der Waals surface area contributed by atoms with Gasteiger partial charge in [0.1, 0.15) is 5.82 Å². The molecule has 8 nitrogen and oxygen atoms in total. The Kier molecular flexibility index (Phi) is 4.80. The number of carbonyl (C=O) groups excluding carboxylic acids is 2. The molecule has 1 aromatic heterocycles.